The highest BCUT2D eigenvalue weighted by Crippen LogP contribution is 2.33. The third kappa shape index (κ3) is 6.75. The number of nitrogens with two attached hydrogens (primary N) is 1. The lowest BCUT2D eigenvalue weighted by Crippen LogP contribution is -2.17. The Morgan fingerprint density at radius 3 is 2.36 bits per heavy atom. The highest BCUT2D eigenvalue weighted by molar-refractivity contribution is 8.22. The van der Waals surface area contributed by atoms with Crippen molar-refractivity contribution in [2.75, 3.05) is 19.9 Å². The van der Waals surface area contributed by atoms with Crippen LogP contribution in [0.5, 0.6) is 5.75 Å². The first-order chi connectivity index (χ1) is 15.7. The number of hydrogen-bond acceptors (Lipinski definition) is 7. The molecule has 2 aromatic carbocycles. The number of benzene rings is 2. The highest BCUT2D eigenvalue weighted by Gasteiger charge is 2.13. The standard InChI is InChI=1S/C23H25N3O4S3/c1-26(27)23(31)32-13-3-4-16-14-21(17-7-11-20(12-8-17)33(24,28)29)22(25-15-16)18-5-9-19(30-2)10-6-18/h5-12,14-15,27H,3-4,13H2,1-2H3,(H2,24,28,29). The maximum absolute atomic E-state index is 11.6. The van der Waals surface area contributed by atoms with E-state index < -0.39 is 10.0 Å². The van der Waals surface area contributed by atoms with Gasteiger partial charge in [-0.2, -0.15) is 0 Å². The van der Waals surface area contributed by atoms with Crippen molar-refractivity contribution in [1.82, 2.24) is 10.0 Å². The number of hydroxylamine groups is 2. The van der Waals surface area contributed by atoms with Gasteiger partial charge >= 0.3 is 0 Å². The van der Waals surface area contributed by atoms with Crippen molar-refractivity contribution >= 4 is 38.3 Å². The van der Waals surface area contributed by atoms with Crippen LogP contribution in [0.2, 0.25) is 0 Å². The average Bonchev–Trinajstić information content (AvgIpc) is 2.81. The van der Waals surface area contributed by atoms with Gasteiger partial charge in [0.2, 0.25) is 10.0 Å². The quantitative estimate of drug-likeness (QED) is 0.266. The van der Waals surface area contributed by atoms with Crippen molar-refractivity contribution in [3.05, 3.63) is 66.4 Å². The number of hydrogen-bond donors (Lipinski definition) is 2. The first kappa shape index (κ1) is 25.1. The van der Waals surface area contributed by atoms with Gasteiger partial charge in [-0.05, 0) is 66.4 Å². The summed E-state index contributed by atoms with van der Waals surface area (Å²) in [4.78, 5) is 4.79. The predicted molar refractivity (Wildman–Crippen MR) is 136 cm³/mol. The predicted octanol–water partition coefficient (Wildman–Crippen LogP) is 4.34. The molecule has 10 heteroatoms. The van der Waals surface area contributed by atoms with Crippen LogP contribution < -0.4 is 9.88 Å². The second-order valence-corrected chi connectivity index (χ2v) is 10.6. The van der Waals surface area contributed by atoms with Crippen molar-refractivity contribution in [3.8, 4) is 28.1 Å². The van der Waals surface area contributed by atoms with Gasteiger partial charge in [0.05, 0.1) is 17.7 Å². The van der Waals surface area contributed by atoms with E-state index in [2.05, 4.69) is 6.07 Å². The number of aromatic nitrogens is 1. The van der Waals surface area contributed by atoms with Crippen LogP contribution in [0.15, 0.2) is 65.7 Å². The summed E-state index contributed by atoms with van der Waals surface area (Å²) in [6.07, 6.45) is 3.48. The maximum atomic E-state index is 11.6. The summed E-state index contributed by atoms with van der Waals surface area (Å²) in [6.45, 7) is 0. The van der Waals surface area contributed by atoms with E-state index in [4.69, 9.17) is 27.1 Å². The molecule has 0 unspecified atom stereocenters. The van der Waals surface area contributed by atoms with Crippen LogP contribution >= 0.6 is 24.0 Å². The fraction of sp³-hybridized carbons (Fsp3) is 0.217. The molecule has 33 heavy (non-hydrogen) atoms. The van der Waals surface area contributed by atoms with Crippen LogP contribution in [-0.4, -0.2) is 47.9 Å². The summed E-state index contributed by atoms with van der Waals surface area (Å²) in [5, 5.41) is 15.5. The van der Waals surface area contributed by atoms with Crippen LogP contribution in [0.25, 0.3) is 22.4 Å². The number of ether oxygens (including phenoxy) is 1. The molecule has 0 spiro atoms. The minimum Gasteiger partial charge on any atom is -0.497 e. The highest BCUT2D eigenvalue weighted by atomic mass is 32.2. The molecule has 3 rings (SSSR count). The first-order valence-corrected chi connectivity index (χ1v) is 13.0. The monoisotopic (exact) mass is 503 g/mol. The molecular weight excluding hydrogens is 478 g/mol. The van der Waals surface area contributed by atoms with E-state index in [-0.39, 0.29) is 4.90 Å². The van der Waals surface area contributed by atoms with Gasteiger partial charge in [-0.1, -0.05) is 36.1 Å². The minimum absolute atomic E-state index is 0.0585. The number of pyridine rings is 1. The van der Waals surface area contributed by atoms with Crippen LogP contribution in [-0.2, 0) is 16.4 Å². The number of aryl methyl sites for hydroxylation is 1. The molecule has 0 saturated heterocycles. The summed E-state index contributed by atoms with van der Waals surface area (Å²) >= 11 is 6.50. The second-order valence-electron chi connectivity index (χ2n) is 7.28. The lowest BCUT2D eigenvalue weighted by molar-refractivity contribution is 0.0205. The Hall–Kier alpha value is -2.50. The molecular formula is C23H25N3O4S3. The van der Waals surface area contributed by atoms with Crippen molar-refractivity contribution < 1.29 is 18.4 Å². The van der Waals surface area contributed by atoms with Gasteiger partial charge in [0.1, 0.15) is 5.75 Å². The van der Waals surface area contributed by atoms with Crippen LogP contribution in [0.3, 0.4) is 0 Å². The Morgan fingerprint density at radius 2 is 1.79 bits per heavy atom. The summed E-state index contributed by atoms with van der Waals surface area (Å²) in [5.74, 6) is 1.51. The Morgan fingerprint density at radius 1 is 1.15 bits per heavy atom. The topological polar surface area (TPSA) is 106 Å². The fourth-order valence-electron chi connectivity index (χ4n) is 3.20. The Balaban J connectivity index is 1.92. The van der Waals surface area contributed by atoms with E-state index in [1.165, 1.54) is 30.9 Å². The van der Waals surface area contributed by atoms with Gasteiger partial charge in [0.15, 0.2) is 4.32 Å². The van der Waals surface area contributed by atoms with Crippen LogP contribution in [0.4, 0.5) is 0 Å². The van der Waals surface area contributed by atoms with Gasteiger partial charge in [-0.15, -0.1) is 0 Å². The zero-order valence-corrected chi connectivity index (χ0v) is 20.7. The van der Waals surface area contributed by atoms with Crippen LogP contribution in [0.1, 0.15) is 12.0 Å². The SMILES string of the molecule is COc1ccc(-c2ncc(CCCSC(=S)N(C)O)cc2-c2ccc(S(N)(=O)=O)cc2)cc1. The summed E-state index contributed by atoms with van der Waals surface area (Å²) in [5.41, 5.74) is 4.46. The van der Waals surface area contributed by atoms with Crippen molar-refractivity contribution in [2.24, 2.45) is 5.14 Å². The molecule has 0 aliphatic heterocycles. The van der Waals surface area contributed by atoms with Gasteiger partial charge in [0, 0.05) is 30.1 Å². The molecule has 0 amide bonds. The summed E-state index contributed by atoms with van der Waals surface area (Å²) in [6, 6.07) is 16.2. The van der Waals surface area contributed by atoms with Gasteiger partial charge in [-0.25, -0.2) is 18.6 Å². The number of rotatable bonds is 8. The molecule has 7 nitrogen and oxygen atoms in total. The number of methoxy groups -OCH3 is 1. The summed E-state index contributed by atoms with van der Waals surface area (Å²) in [7, 11) is -0.652. The normalized spacial score (nSPS) is 11.3. The van der Waals surface area contributed by atoms with Gasteiger partial charge < -0.3 is 4.74 Å². The largest absolute Gasteiger partial charge is 0.497 e. The molecule has 0 saturated carbocycles. The Kier molecular flexibility index (Phi) is 8.44. The number of sulfonamides is 1. The molecule has 0 aliphatic carbocycles. The Bertz CT molecular complexity index is 1210. The maximum Gasteiger partial charge on any atom is 0.238 e. The summed E-state index contributed by atoms with van der Waals surface area (Å²) < 4.78 is 29.0. The molecule has 3 aromatic rings. The first-order valence-electron chi connectivity index (χ1n) is 10.0. The van der Waals surface area contributed by atoms with Gasteiger partial charge in [0.25, 0.3) is 0 Å². The van der Waals surface area contributed by atoms with Crippen molar-refractivity contribution in [3.63, 3.8) is 0 Å². The zero-order valence-electron chi connectivity index (χ0n) is 18.3. The zero-order chi connectivity index (χ0) is 24.0. The number of nitrogens with zero attached hydrogens (tertiary/aromatic N) is 2. The molecule has 0 radical (unpaired) electrons. The molecule has 0 bridgehead atoms. The second kappa shape index (κ2) is 11.1. The van der Waals surface area contributed by atoms with E-state index in [1.54, 1.807) is 19.2 Å². The number of thiocarbonyl (C=S) groups is 1. The smallest absolute Gasteiger partial charge is 0.238 e. The third-order valence-corrected chi connectivity index (χ3v) is 7.45. The molecule has 0 atom stereocenters. The van der Waals surface area contributed by atoms with E-state index in [0.29, 0.717) is 4.32 Å². The van der Waals surface area contributed by atoms with E-state index >= 15 is 0 Å². The lowest BCUT2D eigenvalue weighted by Gasteiger charge is -2.13. The number of thioether (sulfide) groups is 1. The van der Waals surface area contributed by atoms with E-state index in [9.17, 15) is 13.6 Å². The molecule has 0 fully saturated rings. The Labute approximate surface area is 203 Å². The molecule has 0 aliphatic rings. The third-order valence-electron chi connectivity index (χ3n) is 4.90. The lowest BCUT2D eigenvalue weighted by atomic mass is 9.97. The van der Waals surface area contributed by atoms with Crippen molar-refractivity contribution in [1.29, 1.82) is 0 Å². The average molecular weight is 504 g/mol. The van der Waals surface area contributed by atoms with E-state index in [0.717, 1.165) is 57.4 Å². The van der Waals surface area contributed by atoms with Crippen molar-refractivity contribution in [2.45, 2.75) is 17.7 Å². The van der Waals surface area contributed by atoms with Crippen LogP contribution in [0, 0.1) is 0 Å². The van der Waals surface area contributed by atoms with E-state index in [1.807, 2.05) is 30.5 Å². The van der Waals surface area contributed by atoms with Gasteiger partial charge in [-0.3, -0.25) is 10.2 Å². The fourth-order valence-corrected chi connectivity index (χ4v) is 4.61. The molecule has 3 N–H and O–H groups in total. The molecule has 1 aromatic heterocycles. The molecule has 174 valence electrons. The minimum atomic E-state index is -3.77. The number of primary sulfonamides is 1. The molecule has 1 heterocycles.